The van der Waals surface area contributed by atoms with E-state index in [1.54, 1.807) is 0 Å². The van der Waals surface area contributed by atoms with Crippen molar-refractivity contribution in [3.8, 4) is 11.1 Å². The molecule has 0 saturated carbocycles. The van der Waals surface area contributed by atoms with Gasteiger partial charge in [0, 0.05) is 37.7 Å². The van der Waals surface area contributed by atoms with Gasteiger partial charge in [0.15, 0.2) is 14.3 Å². The van der Waals surface area contributed by atoms with Crippen molar-refractivity contribution in [2.45, 2.75) is 5.92 Å². The summed E-state index contributed by atoms with van der Waals surface area (Å²) in [4.78, 5) is 0. The van der Waals surface area contributed by atoms with E-state index in [4.69, 9.17) is 0 Å². The quantitative estimate of drug-likeness (QED) is 0.165. The monoisotopic (exact) mass is 642 g/mol. The highest BCUT2D eigenvalue weighted by molar-refractivity contribution is 7.86. The highest BCUT2D eigenvalue weighted by Gasteiger charge is 2.37. The van der Waals surface area contributed by atoms with Gasteiger partial charge in [-0.2, -0.15) is 0 Å². The van der Waals surface area contributed by atoms with Crippen LogP contribution in [-0.2, 0) is 9.13 Å². The summed E-state index contributed by atoms with van der Waals surface area (Å²) in [7, 11) is -6.83. The van der Waals surface area contributed by atoms with Crippen LogP contribution in [0, 0.1) is 0 Å². The van der Waals surface area contributed by atoms with Crippen molar-refractivity contribution in [2.24, 2.45) is 0 Å². The zero-order chi connectivity index (χ0) is 31.8. The molecule has 0 atom stereocenters. The summed E-state index contributed by atoms with van der Waals surface area (Å²) in [6.07, 6.45) is 0. The third kappa shape index (κ3) is 4.88. The molecule has 0 fully saturated rings. The molecule has 4 heteroatoms. The summed E-state index contributed by atoms with van der Waals surface area (Å²) in [6, 6.07) is 62.2. The topological polar surface area (TPSA) is 34.1 Å². The van der Waals surface area contributed by atoms with Crippen molar-refractivity contribution in [2.75, 3.05) is 0 Å². The van der Waals surface area contributed by atoms with Gasteiger partial charge in [-0.1, -0.05) is 170 Å². The van der Waals surface area contributed by atoms with E-state index in [9.17, 15) is 0 Å². The standard InChI is InChI=1S/C43H32O2P2/c44-46(33-17-5-1-6-18-33,34-19-7-2-8-20-34)37-29-32(43-41-27-15-13-25-39(41)40-26-14-16-28-42(40)43)30-38(31-37)47(45,35-21-9-3-10-22-35)36-23-11-4-12-24-36/h1-31,43H. The minimum atomic E-state index is -3.41. The van der Waals surface area contributed by atoms with Crippen molar-refractivity contribution < 1.29 is 9.13 Å². The Morgan fingerprint density at radius 1 is 0.319 bits per heavy atom. The second-order valence-electron chi connectivity index (χ2n) is 12.0. The first-order chi connectivity index (χ1) is 23.1. The average molecular weight is 643 g/mol. The van der Waals surface area contributed by atoms with E-state index in [-0.39, 0.29) is 5.92 Å². The number of rotatable bonds is 7. The van der Waals surface area contributed by atoms with E-state index in [2.05, 4.69) is 60.7 Å². The number of hydrogen-bond donors (Lipinski definition) is 0. The molecule has 0 aromatic heterocycles. The van der Waals surface area contributed by atoms with Gasteiger partial charge in [0.25, 0.3) is 0 Å². The van der Waals surface area contributed by atoms with Crippen LogP contribution in [0.1, 0.15) is 22.6 Å². The van der Waals surface area contributed by atoms with Gasteiger partial charge in [0.1, 0.15) is 0 Å². The Bertz CT molecular complexity index is 2050. The smallest absolute Gasteiger partial charge is 0.171 e. The molecule has 0 N–H and O–H groups in total. The van der Waals surface area contributed by atoms with Crippen molar-refractivity contribution in [1.29, 1.82) is 0 Å². The summed E-state index contributed by atoms with van der Waals surface area (Å²) in [5.74, 6) is -0.110. The molecule has 8 rings (SSSR count). The Labute approximate surface area is 276 Å². The molecule has 0 heterocycles. The SMILES string of the molecule is O=P(c1ccccc1)(c1ccccc1)c1cc(C2c3ccccc3-c3ccccc32)cc(P(=O)(c2ccccc2)c2ccccc2)c1. The van der Waals surface area contributed by atoms with Gasteiger partial charge < -0.3 is 9.13 Å². The summed E-state index contributed by atoms with van der Waals surface area (Å²) >= 11 is 0. The third-order valence-corrected chi connectivity index (χ3v) is 15.4. The second kappa shape index (κ2) is 12.0. The van der Waals surface area contributed by atoms with E-state index in [1.807, 2.05) is 127 Å². The van der Waals surface area contributed by atoms with Gasteiger partial charge in [0.2, 0.25) is 0 Å². The van der Waals surface area contributed by atoms with Crippen LogP contribution in [0.4, 0.5) is 0 Å². The van der Waals surface area contributed by atoms with Gasteiger partial charge in [-0.05, 0) is 46.0 Å². The number of fused-ring (bicyclic) bond motifs is 3. The molecule has 0 aliphatic heterocycles. The van der Waals surface area contributed by atoms with Crippen LogP contribution in [0.5, 0.6) is 0 Å². The van der Waals surface area contributed by atoms with Crippen molar-refractivity contribution in [3.05, 3.63) is 205 Å². The van der Waals surface area contributed by atoms with Gasteiger partial charge in [0.05, 0.1) is 0 Å². The Hall–Kier alpha value is -5.00. The lowest BCUT2D eigenvalue weighted by molar-refractivity contribution is 0.592. The molecule has 2 nitrogen and oxygen atoms in total. The van der Waals surface area contributed by atoms with Gasteiger partial charge in [-0.15, -0.1) is 0 Å². The molecule has 0 unspecified atom stereocenters. The van der Waals surface area contributed by atoms with E-state index >= 15 is 9.13 Å². The van der Waals surface area contributed by atoms with Crippen LogP contribution in [0.2, 0.25) is 0 Å². The van der Waals surface area contributed by atoms with E-state index in [0.717, 1.165) is 26.8 Å². The first kappa shape index (κ1) is 29.4. The molecule has 0 radical (unpaired) electrons. The van der Waals surface area contributed by atoms with Crippen LogP contribution in [-0.4, -0.2) is 0 Å². The molecular weight excluding hydrogens is 610 g/mol. The van der Waals surface area contributed by atoms with Crippen LogP contribution >= 0.6 is 14.3 Å². The Morgan fingerprint density at radius 2 is 0.617 bits per heavy atom. The summed E-state index contributed by atoms with van der Waals surface area (Å²) in [5.41, 5.74) is 5.77. The lowest BCUT2D eigenvalue weighted by atomic mass is 9.89. The molecule has 47 heavy (non-hydrogen) atoms. The van der Waals surface area contributed by atoms with Crippen LogP contribution in [0.25, 0.3) is 11.1 Å². The fourth-order valence-electron chi connectivity index (χ4n) is 7.11. The van der Waals surface area contributed by atoms with E-state index in [1.165, 1.54) is 22.3 Å². The molecule has 7 aromatic rings. The van der Waals surface area contributed by atoms with Crippen LogP contribution < -0.4 is 31.8 Å². The largest absolute Gasteiger partial charge is 0.309 e. The Balaban J connectivity index is 1.48. The predicted octanol–water partition coefficient (Wildman–Crippen LogP) is 8.13. The normalized spacial score (nSPS) is 12.8. The molecule has 226 valence electrons. The highest BCUT2D eigenvalue weighted by Crippen LogP contribution is 2.51. The van der Waals surface area contributed by atoms with Crippen LogP contribution in [0.15, 0.2) is 188 Å². The van der Waals surface area contributed by atoms with Gasteiger partial charge in [-0.3, -0.25) is 0 Å². The molecule has 1 aliphatic rings. The van der Waals surface area contributed by atoms with Crippen molar-refractivity contribution in [3.63, 3.8) is 0 Å². The number of benzene rings is 7. The second-order valence-corrected chi connectivity index (χ2v) is 17.5. The van der Waals surface area contributed by atoms with E-state index < -0.39 is 14.3 Å². The number of hydrogen-bond acceptors (Lipinski definition) is 2. The molecular formula is C43H32O2P2. The lowest BCUT2D eigenvalue weighted by Crippen LogP contribution is -2.31. The zero-order valence-electron chi connectivity index (χ0n) is 25.7. The van der Waals surface area contributed by atoms with E-state index in [0.29, 0.717) is 10.6 Å². The average Bonchev–Trinajstić information content (AvgIpc) is 3.50. The molecule has 7 aromatic carbocycles. The molecule has 0 bridgehead atoms. The van der Waals surface area contributed by atoms with Crippen LogP contribution in [0.3, 0.4) is 0 Å². The third-order valence-electron chi connectivity index (χ3n) is 9.30. The highest BCUT2D eigenvalue weighted by atomic mass is 31.2. The fourth-order valence-corrected chi connectivity index (χ4v) is 12.7. The maximum absolute atomic E-state index is 15.9. The molecule has 0 spiro atoms. The first-order valence-corrected chi connectivity index (χ1v) is 19.3. The van der Waals surface area contributed by atoms with Gasteiger partial charge >= 0.3 is 0 Å². The fraction of sp³-hybridized carbons (Fsp3) is 0.0233. The zero-order valence-corrected chi connectivity index (χ0v) is 27.5. The minimum Gasteiger partial charge on any atom is -0.309 e. The first-order valence-electron chi connectivity index (χ1n) is 15.9. The Morgan fingerprint density at radius 3 is 0.957 bits per heavy atom. The Kier molecular flexibility index (Phi) is 7.49. The van der Waals surface area contributed by atoms with Crippen molar-refractivity contribution in [1.82, 2.24) is 0 Å². The maximum Gasteiger partial charge on any atom is 0.171 e. The molecule has 1 aliphatic carbocycles. The maximum atomic E-state index is 15.9. The summed E-state index contributed by atoms with van der Waals surface area (Å²) < 4.78 is 31.9. The predicted molar refractivity (Wildman–Crippen MR) is 198 cm³/mol. The molecule has 0 amide bonds. The van der Waals surface area contributed by atoms with Gasteiger partial charge in [-0.25, -0.2) is 0 Å². The minimum absolute atomic E-state index is 0.110. The summed E-state index contributed by atoms with van der Waals surface area (Å²) in [5, 5.41) is 4.34. The lowest BCUT2D eigenvalue weighted by Gasteiger charge is -2.26. The summed E-state index contributed by atoms with van der Waals surface area (Å²) in [6.45, 7) is 0. The molecule has 0 saturated heterocycles. The van der Waals surface area contributed by atoms with Crippen molar-refractivity contribution >= 4 is 46.1 Å².